The van der Waals surface area contributed by atoms with Gasteiger partial charge in [-0.25, -0.2) is 4.98 Å². The molecule has 0 atom stereocenters. The molecule has 0 aliphatic heterocycles. The van der Waals surface area contributed by atoms with Crippen LogP contribution in [-0.4, -0.2) is 19.6 Å². The molecule has 0 radical (unpaired) electrons. The van der Waals surface area contributed by atoms with E-state index in [1.54, 1.807) is 30.3 Å². The van der Waals surface area contributed by atoms with E-state index in [9.17, 15) is 6.48 Å². The molecule has 61 heavy (non-hydrogen) atoms. The molecular formula is C57H51N3O. The number of hydrogen-bond donors (Lipinski definition) is 1. The largest absolute Gasteiger partial charge is 0.507 e. The molecule has 0 amide bonds. The van der Waals surface area contributed by atoms with Gasteiger partial charge in [-0.15, -0.1) is 0 Å². The lowest BCUT2D eigenvalue weighted by atomic mass is 9.83. The summed E-state index contributed by atoms with van der Waals surface area (Å²) in [6.07, 6.45) is -0.540. The predicted molar refractivity (Wildman–Crippen MR) is 255 cm³/mol. The number of aryl methyl sites for hydroxylation is 1. The zero-order valence-corrected chi connectivity index (χ0v) is 34.9. The Bertz CT molecular complexity index is 3600. The highest BCUT2D eigenvalue weighted by molar-refractivity contribution is 5.98. The quantitative estimate of drug-likeness (QED) is 0.175. The lowest BCUT2D eigenvalue weighted by Gasteiger charge is -2.22. The van der Waals surface area contributed by atoms with Crippen LogP contribution < -0.4 is 0 Å². The molecule has 0 unspecified atom stereocenters. The summed E-state index contributed by atoms with van der Waals surface area (Å²) < 4.78 is 97.9. The van der Waals surface area contributed by atoms with Crippen molar-refractivity contribution in [1.29, 1.82) is 0 Å². The number of aromatic hydroxyl groups is 1. The number of rotatable bonds is 7. The van der Waals surface area contributed by atoms with Gasteiger partial charge in [0.05, 0.1) is 38.9 Å². The molecule has 0 bridgehead atoms. The van der Waals surface area contributed by atoms with E-state index >= 15 is 0 Å². The maximum atomic E-state index is 11.6. The van der Waals surface area contributed by atoms with Gasteiger partial charge in [0, 0.05) is 27.0 Å². The van der Waals surface area contributed by atoms with E-state index in [0.717, 1.165) is 16.7 Å². The van der Waals surface area contributed by atoms with E-state index in [2.05, 4.69) is 37.9 Å². The van der Waals surface area contributed by atoms with Gasteiger partial charge < -0.3 is 5.11 Å². The number of nitrogens with zero attached hydrogens (tertiary/aromatic N) is 3. The average molecular weight is 805 g/mol. The van der Waals surface area contributed by atoms with E-state index in [1.165, 1.54) is 0 Å². The molecule has 9 rings (SSSR count). The van der Waals surface area contributed by atoms with E-state index in [4.69, 9.17) is 18.7 Å². The van der Waals surface area contributed by atoms with E-state index in [0.29, 0.717) is 61.5 Å². The summed E-state index contributed by atoms with van der Waals surface area (Å²) in [7, 11) is 0. The summed E-state index contributed by atoms with van der Waals surface area (Å²) in [5.41, 5.74) is 7.16. The molecule has 7 aromatic carbocycles. The number of pyridine rings is 1. The van der Waals surface area contributed by atoms with Crippen LogP contribution in [0.3, 0.4) is 0 Å². The van der Waals surface area contributed by atoms with Crippen LogP contribution >= 0.6 is 0 Å². The summed E-state index contributed by atoms with van der Waals surface area (Å²) in [6, 6.07) is 35.4. The molecule has 0 aliphatic carbocycles. The van der Waals surface area contributed by atoms with Crippen molar-refractivity contribution >= 4 is 11.0 Å². The lowest BCUT2D eigenvalue weighted by molar-refractivity contribution is 0.477. The third-order valence-corrected chi connectivity index (χ3v) is 11.1. The van der Waals surface area contributed by atoms with Crippen LogP contribution in [0.15, 0.2) is 176 Å². The second kappa shape index (κ2) is 15.5. The molecule has 0 spiro atoms. The third kappa shape index (κ3) is 7.66. The van der Waals surface area contributed by atoms with E-state index in [1.807, 2.05) is 110 Å². The lowest BCUT2D eigenvalue weighted by Crippen LogP contribution is -2.11. The first-order valence-corrected chi connectivity index (χ1v) is 20.2. The smallest absolute Gasteiger partial charge is 0.149 e. The van der Waals surface area contributed by atoms with Gasteiger partial charge in [0.25, 0.3) is 0 Å². The second-order valence-electron chi connectivity index (χ2n) is 17.3. The van der Waals surface area contributed by atoms with Crippen LogP contribution in [0, 0.1) is 6.85 Å². The Hall–Kier alpha value is -7.04. The molecule has 300 valence electrons. The molecule has 0 aliphatic rings. The molecule has 4 nitrogen and oxygen atoms in total. The molecular weight excluding hydrogens is 743 g/mol. The molecule has 9 aromatic rings. The molecule has 2 aromatic heterocycles. The Morgan fingerprint density at radius 2 is 1.25 bits per heavy atom. The standard InChI is InChI=1S/C57H51N3O/c1-37-31-49(40-25-27-44(28-26-40)56(2,3)4)52(36-48(37)39-19-12-9-13-20-39)60-51-23-16-22-46(54(51)59-55(60)47-21-14-15-24-53(47)61)42-32-43(34-45(33-42)57(5,6)7)50-35-41(29-30-58-50)38-17-10-8-11-18-38/h8-36,61H,1-7H3/i1D3,8D,10D,11D,17D,18D,29D,30D,35D. The van der Waals surface area contributed by atoms with Crippen LogP contribution in [0.2, 0.25) is 0 Å². The Labute approximate surface area is 375 Å². The Kier molecular flexibility index (Phi) is 7.24. The first kappa shape index (κ1) is 28.4. The second-order valence-corrected chi connectivity index (χ2v) is 17.3. The van der Waals surface area contributed by atoms with Crippen molar-refractivity contribution in [3.05, 3.63) is 193 Å². The van der Waals surface area contributed by atoms with Crippen molar-refractivity contribution in [1.82, 2.24) is 14.5 Å². The number of benzene rings is 7. The highest BCUT2D eigenvalue weighted by Crippen LogP contribution is 2.43. The van der Waals surface area contributed by atoms with Crippen LogP contribution in [-0.2, 0) is 10.8 Å². The number of aromatic nitrogens is 3. The van der Waals surface area contributed by atoms with Gasteiger partial charge in [0.1, 0.15) is 11.6 Å². The zero-order chi connectivity index (χ0) is 51.9. The molecule has 2 heterocycles. The monoisotopic (exact) mass is 804 g/mol. The number of phenols is 1. The fourth-order valence-corrected chi connectivity index (χ4v) is 7.74. The van der Waals surface area contributed by atoms with Crippen molar-refractivity contribution in [3.63, 3.8) is 0 Å². The minimum atomic E-state index is -2.50. The molecule has 4 heteroatoms. The Balaban J connectivity index is 1.37. The first-order chi connectivity index (χ1) is 33.9. The number of fused-ring (bicyclic) bond motifs is 1. The van der Waals surface area contributed by atoms with Gasteiger partial charge >= 0.3 is 0 Å². The number of para-hydroxylation sites is 2. The normalized spacial score (nSPS) is 14.7. The maximum absolute atomic E-state index is 11.6. The minimum Gasteiger partial charge on any atom is -0.507 e. The number of phenolic OH excluding ortho intramolecular Hbond substituents is 1. The van der Waals surface area contributed by atoms with Gasteiger partial charge in [-0.1, -0.05) is 157 Å². The van der Waals surface area contributed by atoms with Crippen molar-refractivity contribution in [2.45, 2.75) is 59.2 Å². The molecule has 0 fully saturated rings. The van der Waals surface area contributed by atoms with Gasteiger partial charge in [-0.2, -0.15) is 0 Å². The van der Waals surface area contributed by atoms with Crippen molar-refractivity contribution in [2.75, 3.05) is 0 Å². The summed E-state index contributed by atoms with van der Waals surface area (Å²) >= 11 is 0. The summed E-state index contributed by atoms with van der Waals surface area (Å²) in [5, 5.41) is 11.6. The Morgan fingerprint density at radius 3 is 1.97 bits per heavy atom. The van der Waals surface area contributed by atoms with E-state index in [-0.39, 0.29) is 39.6 Å². The summed E-state index contributed by atoms with van der Waals surface area (Å²) in [4.78, 5) is 9.82. The number of hydrogen-bond acceptors (Lipinski definition) is 3. The van der Waals surface area contributed by atoms with E-state index < -0.39 is 54.7 Å². The molecule has 0 saturated carbocycles. The van der Waals surface area contributed by atoms with Gasteiger partial charge in [0.15, 0.2) is 0 Å². The van der Waals surface area contributed by atoms with Crippen LogP contribution in [0.1, 0.15) is 73.3 Å². The van der Waals surface area contributed by atoms with Crippen LogP contribution in [0.4, 0.5) is 0 Å². The zero-order valence-electron chi connectivity index (χ0n) is 45.9. The van der Waals surface area contributed by atoms with Gasteiger partial charge in [-0.05, 0) is 122 Å². The fourth-order valence-electron chi connectivity index (χ4n) is 7.74. The van der Waals surface area contributed by atoms with Crippen molar-refractivity contribution in [2.24, 2.45) is 0 Å². The van der Waals surface area contributed by atoms with Crippen molar-refractivity contribution in [3.8, 4) is 78.6 Å². The topological polar surface area (TPSA) is 50.9 Å². The average Bonchev–Trinajstić information content (AvgIpc) is 3.73. The first-order valence-electron chi connectivity index (χ1n) is 25.7. The number of imidazole rings is 1. The molecule has 1 N–H and O–H groups in total. The Morgan fingerprint density at radius 1 is 0.557 bits per heavy atom. The highest BCUT2D eigenvalue weighted by Gasteiger charge is 2.25. The summed E-state index contributed by atoms with van der Waals surface area (Å²) in [6.45, 7) is 9.98. The van der Waals surface area contributed by atoms with Gasteiger partial charge in [-0.3, -0.25) is 9.55 Å². The SMILES string of the molecule is [2H]c1nc(-c2cc(-c3cccc4c3nc(-c3ccccc3O)n4-c3cc(-c4ccccc4)c(C([2H])([2H])[2H])cc3-c3ccc(C(C)(C)C)cc3)cc(C(C)(C)C)c2)c([2H])c(-c2c([2H])c([2H])c([2H])c([2H])c2[2H])c1[2H]. The fraction of sp³-hybridized carbons (Fsp3) is 0.158. The minimum absolute atomic E-state index is 0.0253. The molecule has 0 saturated heterocycles. The summed E-state index contributed by atoms with van der Waals surface area (Å²) in [5.74, 6) is 0.346. The van der Waals surface area contributed by atoms with Crippen LogP contribution in [0.25, 0.3) is 83.9 Å². The van der Waals surface area contributed by atoms with Crippen LogP contribution in [0.5, 0.6) is 5.75 Å². The van der Waals surface area contributed by atoms with Crippen molar-refractivity contribution < 1.29 is 20.2 Å². The maximum Gasteiger partial charge on any atom is 0.149 e. The predicted octanol–water partition coefficient (Wildman–Crippen LogP) is 15.0. The third-order valence-electron chi connectivity index (χ3n) is 11.1. The van der Waals surface area contributed by atoms with Gasteiger partial charge in [0.2, 0.25) is 0 Å². The highest BCUT2D eigenvalue weighted by atomic mass is 16.3.